The maximum atomic E-state index is 13.2. The topological polar surface area (TPSA) is 46.1 Å². The van der Waals surface area contributed by atoms with Crippen molar-refractivity contribution in [3.63, 3.8) is 0 Å². The summed E-state index contributed by atoms with van der Waals surface area (Å²) in [5, 5.41) is 1.20. The van der Waals surface area contributed by atoms with E-state index in [1.165, 1.54) is 23.5 Å². The van der Waals surface area contributed by atoms with Crippen LogP contribution in [-0.4, -0.2) is 15.9 Å². The van der Waals surface area contributed by atoms with E-state index in [2.05, 4.69) is 4.98 Å². The van der Waals surface area contributed by atoms with Crippen molar-refractivity contribution in [1.82, 2.24) is 9.97 Å². The average Bonchev–Trinajstić information content (AvgIpc) is 3.18. The molecule has 0 atom stereocenters. The molecule has 29 heavy (non-hydrogen) atoms. The first kappa shape index (κ1) is 19.5. The van der Waals surface area contributed by atoms with Crippen LogP contribution in [-0.2, 0) is 17.8 Å². The Bertz CT molecular complexity index is 1120. The molecule has 4 nitrogen and oxygen atoms in total. The molecule has 0 fully saturated rings. The van der Waals surface area contributed by atoms with Crippen LogP contribution >= 0.6 is 22.9 Å². The number of thiazole rings is 1. The van der Waals surface area contributed by atoms with E-state index in [0.29, 0.717) is 16.7 Å². The molecule has 0 radical (unpaired) electrons. The fourth-order valence-electron chi connectivity index (χ4n) is 3.01. The Hall–Kier alpha value is -2.83. The number of carbonyl (C=O) groups is 1. The van der Waals surface area contributed by atoms with Crippen molar-refractivity contribution in [2.75, 3.05) is 4.90 Å². The summed E-state index contributed by atoms with van der Waals surface area (Å²) in [7, 11) is 0. The molecule has 1 amide bonds. The van der Waals surface area contributed by atoms with Crippen molar-refractivity contribution in [2.45, 2.75) is 19.9 Å². The van der Waals surface area contributed by atoms with Crippen LogP contribution in [0.15, 0.2) is 60.9 Å². The Morgan fingerprint density at radius 3 is 2.48 bits per heavy atom. The largest absolute Gasteiger partial charge is 0.283 e. The number of aromatic nitrogens is 2. The number of anilines is 1. The highest BCUT2D eigenvalue weighted by Gasteiger charge is 2.22. The summed E-state index contributed by atoms with van der Waals surface area (Å²) in [6, 6.07) is 13.4. The molecule has 2 aromatic heterocycles. The first-order valence-electron chi connectivity index (χ1n) is 9.00. The third-order valence-corrected chi connectivity index (χ3v) is 6.12. The lowest BCUT2D eigenvalue weighted by Gasteiger charge is -2.20. The van der Waals surface area contributed by atoms with Gasteiger partial charge in [0.1, 0.15) is 5.82 Å². The standard InChI is InChI=1S/C22H17ClFN3OS/c1-14-2-7-18(23)21-20(14)26-22(29-21)27(13-16-8-10-25-11-9-16)19(28)12-15-3-5-17(24)6-4-15/h2-11H,12-13H2,1H3. The van der Waals surface area contributed by atoms with Crippen molar-refractivity contribution in [3.05, 3.63) is 88.5 Å². The van der Waals surface area contributed by atoms with Gasteiger partial charge in [0, 0.05) is 12.4 Å². The predicted octanol–water partition coefficient (Wildman–Crippen LogP) is 5.57. The minimum Gasteiger partial charge on any atom is -0.283 e. The number of aryl methyl sites for hydroxylation is 1. The van der Waals surface area contributed by atoms with E-state index >= 15 is 0 Å². The number of fused-ring (bicyclic) bond motifs is 1. The van der Waals surface area contributed by atoms with Crippen LogP contribution in [0, 0.1) is 12.7 Å². The average molecular weight is 426 g/mol. The van der Waals surface area contributed by atoms with Crippen LogP contribution < -0.4 is 4.90 Å². The van der Waals surface area contributed by atoms with Gasteiger partial charge in [0.05, 0.1) is 28.2 Å². The van der Waals surface area contributed by atoms with Crippen LogP contribution in [0.1, 0.15) is 16.7 Å². The summed E-state index contributed by atoms with van der Waals surface area (Å²) in [5.41, 5.74) is 3.48. The van der Waals surface area contributed by atoms with Crippen molar-refractivity contribution in [1.29, 1.82) is 0 Å². The van der Waals surface area contributed by atoms with Gasteiger partial charge < -0.3 is 0 Å². The zero-order valence-electron chi connectivity index (χ0n) is 15.6. The smallest absolute Gasteiger partial charge is 0.233 e. The lowest BCUT2D eigenvalue weighted by molar-refractivity contribution is -0.118. The minimum atomic E-state index is -0.328. The molecule has 0 aliphatic rings. The molecule has 146 valence electrons. The Morgan fingerprint density at radius 2 is 1.79 bits per heavy atom. The monoisotopic (exact) mass is 425 g/mol. The second-order valence-corrected chi connectivity index (χ2v) is 8.06. The number of hydrogen-bond acceptors (Lipinski definition) is 4. The number of hydrogen-bond donors (Lipinski definition) is 0. The highest BCUT2D eigenvalue weighted by Crippen LogP contribution is 2.36. The third kappa shape index (κ3) is 4.28. The molecule has 0 N–H and O–H groups in total. The van der Waals surface area contributed by atoms with Crippen LogP contribution in [0.5, 0.6) is 0 Å². The fraction of sp³-hybridized carbons (Fsp3) is 0.136. The summed E-state index contributed by atoms with van der Waals surface area (Å²) in [4.78, 5) is 23.6. The summed E-state index contributed by atoms with van der Waals surface area (Å²) < 4.78 is 14.1. The molecule has 4 rings (SSSR count). The van der Waals surface area contributed by atoms with Crippen molar-refractivity contribution < 1.29 is 9.18 Å². The van der Waals surface area contributed by atoms with E-state index in [0.717, 1.165) is 26.9 Å². The first-order valence-corrected chi connectivity index (χ1v) is 10.2. The fourth-order valence-corrected chi connectivity index (χ4v) is 4.34. The van der Waals surface area contributed by atoms with Crippen LogP contribution in [0.2, 0.25) is 5.02 Å². The van der Waals surface area contributed by atoms with E-state index in [-0.39, 0.29) is 18.1 Å². The molecule has 4 aromatic rings. The molecular formula is C22H17ClFN3OS. The van der Waals surface area contributed by atoms with Crippen molar-refractivity contribution >= 4 is 44.2 Å². The van der Waals surface area contributed by atoms with Crippen molar-refractivity contribution in [3.8, 4) is 0 Å². The number of nitrogens with zero attached hydrogens (tertiary/aromatic N) is 3. The van der Waals surface area contributed by atoms with Gasteiger partial charge in [0.15, 0.2) is 5.13 Å². The Balaban J connectivity index is 1.72. The van der Waals surface area contributed by atoms with Gasteiger partial charge in [-0.3, -0.25) is 14.7 Å². The molecule has 0 saturated heterocycles. The quantitative estimate of drug-likeness (QED) is 0.420. The van der Waals surface area contributed by atoms with E-state index in [4.69, 9.17) is 16.6 Å². The number of benzene rings is 2. The molecule has 0 bridgehead atoms. The highest BCUT2D eigenvalue weighted by molar-refractivity contribution is 7.23. The number of carbonyl (C=O) groups excluding carboxylic acids is 1. The molecule has 2 aromatic carbocycles. The molecule has 2 heterocycles. The van der Waals surface area contributed by atoms with E-state index in [1.54, 1.807) is 29.4 Å². The van der Waals surface area contributed by atoms with Gasteiger partial charge in [0.2, 0.25) is 5.91 Å². The van der Waals surface area contributed by atoms with E-state index in [9.17, 15) is 9.18 Å². The van der Waals surface area contributed by atoms with E-state index in [1.807, 2.05) is 31.2 Å². The van der Waals surface area contributed by atoms with Gasteiger partial charge in [0.25, 0.3) is 0 Å². The summed E-state index contributed by atoms with van der Waals surface area (Å²) in [6.07, 6.45) is 3.53. The molecular weight excluding hydrogens is 409 g/mol. The number of amides is 1. The molecule has 7 heteroatoms. The van der Waals surface area contributed by atoms with Crippen LogP contribution in [0.3, 0.4) is 0 Å². The predicted molar refractivity (Wildman–Crippen MR) is 115 cm³/mol. The van der Waals surface area contributed by atoms with Gasteiger partial charge in [-0.1, -0.05) is 41.1 Å². The molecule has 0 spiro atoms. The summed E-state index contributed by atoms with van der Waals surface area (Å²) >= 11 is 7.75. The maximum Gasteiger partial charge on any atom is 0.233 e. The van der Waals surface area contributed by atoms with Gasteiger partial charge in [-0.15, -0.1) is 0 Å². The SMILES string of the molecule is Cc1ccc(Cl)c2sc(N(Cc3ccncc3)C(=O)Cc3ccc(F)cc3)nc12. The second kappa shape index (κ2) is 8.27. The number of rotatable bonds is 5. The maximum absolute atomic E-state index is 13.2. The Labute approximate surface area is 176 Å². The highest BCUT2D eigenvalue weighted by atomic mass is 35.5. The van der Waals surface area contributed by atoms with Gasteiger partial charge in [-0.25, -0.2) is 9.37 Å². The zero-order valence-corrected chi connectivity index (χ0v) is 17.2. The summed E-state index contributed by atoms with van der Waals surface area (Å²) in [5.74, 6) is -0.451. The van der Waals surface area contributed by atoms with Gasteiger partial charge in [-0.05, 0) is 53.9 Å². The van der Waals surface area contributed by atoms with Crippen LogP contribution in [0.25, 0.3) is 10.2 Å². The number of pyridine rings is 1. The Kier molecular flexibility index (Phi) is 5.56. The second-order valence-electron chi connectivity index (χ2n) is 6.68. The van der Waals surface area contributed by atoms with Gasteiger partial charge in [-0.2, -0.15) is 0 Å². The molecule has 0 aliphatic heterocycles. The molecule has 0 saturated carbocycles. The van der Waals surface area contributed by atoms with Crippen molar-refractivity contribution in [2.24, 2.45) is 0 Å². The minimum absolute atomic E-state index is 0.124. The zero-order chi connectivity index (χ0) is 20.4. The summed E-state index contributed by atoms with van der Waals surface area (Å²) in [6.45, 7) is 2.33. The normalized spacial score (nSPS) is 11.0. The lowest BCUT2D eigenvalue weighted by Crippen LogP contribution is -2.31. The van der Waals surface area contributed by atoms with Crippen LogP contribution in [0.4, 0.5) is 9.52 Å². The van der Waals surface area contributed by atoms with E-state index < -0.39 is 0 Å². The Morgan fingerprint density at radius 1 is 1.07 bits per heavy atom. The molecule has 0 unspecified atom stereocenters. The number of halogens is 2. The third-order valence-electron chi connectivity index (χ3n) is 4.58. The molecule has 0 aliphatic carbocycles. The first-order chi connectivity index (χ1) is 14.0. The lowest BCUT2D eigenvalue weighted by atomic mass is 10.1. The van der Waals surface area contributed by atoms with Gasteiger partial charge >= 0.3 is 0 Å².